The maximum Gasteiger partial charge on any atom is 0.375 e. The van der Waals surface area contributed by atoms with Gasteiger partial charge in [0.1, 0.15) is 0 Å². The lowest BCUT2D eigenvalue weighted by Gasteiger charge is -2.22. The molecule has 1 aliphatic rings. The smallest absolute Gasteiger partial charge is 0.375 e. The van der Waals surface area contributed by atoms with Gasteiger partial charge in [-0.3, -0.25) is 10.1 Å². The van der Waals surface area contributed by atoms with Crippen LogP contribution < -0.4 is 10.6 Å². The number of nitrogens with one attached hydrogen (secondary N) is 2. The molecule has 0 spiro atoms. The van der Waals surface area contributed by atoms with E-state index in [9.17, 15) is 14.4 Å². The minimum absolute atomic E-state index is 0.0551. The normalized spacial score (nSPS) is 15.1. The second kappa shape index (κ2) is 7.63. The summed E-state index contributed by atoms with van der Waals surface area (Å²) < 4.78 is 9.75. The van der Waals surface area contributed by atoms with Crippen LogP contribution in [0.4, 0.5) is 4.79 Å². The summed E-state index contributed by atoms with van der Waals surface area (Å²) in [6.45, 7) is 1.16. The third-order valence-electron chi connectivity index (χ3n) is 3.58. The topological polar surface area (TPSA) is 97.6 Å². The standard InChI is InChI=1S/C15H20N2O5/c1-10-7-8-21-13(10)14(19)22-9-12(18)17-15(20)16-11-5-3-2-4-6-11/h7-8,11H,2-6,9H2,1H3,(H2,16,17,18,20). The van der Waals surface area contributed by atoms with E-state index in [1.165, 1.54) is 12.7 Å². The van der Waals surface area contributed by atoms with Crippen LogP contribution in [-0.2, 0) is 9.53 Å². The van der Waals surface area contributed by atoms with Crippen molar-refractivity contribution < 1.29 is 23.5 Å². The predicted molar refractivity (Wildman–Crippen MR) is 77.3 cm³/mol. The maximum absolute atomic E-state index is 11.6. The molecule has 7 nitrogen and oxygen atoms in total. The lowest BCUT2D eigenvalue weighted by atomic mass is 9.96. The van der Waals surface area contributed by atoms with E-state index < -0.39 is 24.5 Å². The van der Waals surface area contributed by atoms with Gasteiger partial charge in [0.15, 0.2) is 6.61 Å². The molecule has 1 aromatic rings. The Morgan fingerprint density at radius 3 is 2.64 bits per heavy atom. The average molecular weight is 308 g/mol. The van der Waals surface area contributed by atoms with Crippen LogP contribution in [0.1, 0.15) is 48.2 Å². The lowest BCUT2D eigenvalue weighted by molar-refractivity contribution is -0.123. The van der Waals surface area contributed by atoms with Crippen molar-refractivity contribution in [1.29, 1.82) is 0 Å². The van der Waals surface area contributed by atoms with E-state index in [4.69, 9.17) is 9.15 Å². The van der Waals surface area contributed by atoms with E-state index >= 15 is 0 Å². The van der Waals surface area contributed by atoms with Crippen molar-refractivity contribution in [2.75, 3.05) is 6.61 Å². The number of amides is 3. The van der Waals surface area contributed by atoms with E-state index in [2.05, 4.69) is 10.6 Å². The quantitative estimate of drug-likeness (QED) is 0.828. The molecule has 0 unspecified atom stereocenters. The average Bonchev–Trinajstić information content (AvgIpc) is 2.92. The third-order valence-corrected chi connectivity index (χ3v) is 3.58. The van der Waals surface area contributed by atoms with Crippen molar-refractivity contribution in [2.45, 2.75) is 45.1 Å². The number of imide groups is 1. The SMILES string of the molecule is Cc1ccoc1C(=O)OCC(=O)NC(=O)NC1CCCCC1. The number of hydrogen-bond acceptors (Lipinski definition) is 5. The number of aryl methyl sites for hydroxylation is 1. The number of hydrogen-bond donors (Lipinski definition) is 2. The summed E-state index contributed by atoms with van der Waals surface area (Å²) in [5, 5.41) is 4.89. The number of rotatable bonds is 4. The second-order valence-corrected chi connectivity index (χ2v) is 5.37. The van der Waals surface area contributed by atoms with Crippen LogP contribution in [-0.4, -0.2) is 30.6 Å². The van der Waals surface area contributed by atoms with Gasteiger partial charge in [0.25, 0.3) is 5.91 Å². The molecule has 1 saturated carbocycles. The molecule has 0 aliphatic heterocycles. The molecule has 1 fully saturated rings. The fourth-order valence-electron chi connectivity index (χ4n) is 2.41. The summed E-state index contributed by atoms with van der Waals surface area (Å²) in [6.07, 6.45) is 6.56. The fraction of sp³-hybridized carbons (Fsp3) is 0.533. The van der Waals surface area contributed by atoms with Gasteiger partial charge < -0.3 is 14.5 Å². The van der Waals surface area contributed by atoms with Crippen LogP contribution in [0.3, 0.4) is 0 Å². The largest absolute Gasteiger partial charge is 0.457 e. The molecule has 1 aromatic heterocycles. The minimum Gasteiger partial charge on any atom is -0.457 e. The number of furan rings is 1. The first kappa shape index (κ1) is 16.1. The molecule has 7 heteroatoms. The van der Waals surface area contributed by atoms with Crippen LogP contribution >= 0.6 is 0 Å². The number of ether oxygens (including phenoxy) is 1. The first-order valence-electron chi connectivity index (χ1n) is 7.38. The molecule has 1 aliphatic carbocycles. The third kappa shape index (κ3) is 4.61. The highest BCUT2D eigenvalue weighted by Crippen LogP contribution is 2.17. The zero-order chi connectivity index (χ0) is 15.9. The van der Waals surface area contributed by atoms with Crippen LogP contribution in [0.2, 0.25) is 0 Å². The Labute approximate surface area is 128 Å². The number of esters is 1. The van der Waals surface area contributed by atoms with Crippen LogP contribution in [0, 0.1) is 6.92 Å². The molecule has 0 radical (unpaired) electrons. The van der Waals surface area contributed by atoms with Crippen molar-refractivity contribution in [3.05, 3.63) is 23.7 Å². The van der Waals surface area contributed by atoms with Gasteiger partial charge in [-0.1, -0.05) is 19.3 Å². The Bertz CT molecular complexity index is 546. The molecule has 0 aromatic carbocycles. The number of carbonyl (C=O) groups is 3. The van der Waals surface area contributed by atoms with Gasteiger partial charge in [0.05, 0.1) is 6.26 Å². The van der Waals surface area contributed by atoms with E-state index in [1.807, 2.05) is 0 Å². The molecule has 1 heterocycles. The van der Waals surface area contributed by atoms with Gasteiger partial charge in [-0.15, -0.1) is 0 Å². The van der Waals surface area contributed by atoms with E-state index in [-0.39, 0.29) is 11.8 Å². The van der Waals surface area contributed by atoms with Crippen LogP contribution in [0.25, 0.3) is 0 Å². The molecule has 120 valence electrons. The van der Waals surface area contributed by atoms with Crippen molar-refractivity contribution in [3.63, 3.8) is 0 Å². The number of carbonyl (C=O) groups excluding carboxylic acids is 3. The van der Waals surface area contributed by atoms with Crippen molar-refractivity contribution in [3.8, 4) is 0 Å². The zero-order valence-electron chi connectivity index (χ0n) is 12.5. The Hall–Kier alpha value is -2.31. The Morgan fingerprint density at radius 1 is 1.27 bits per heavy atom. The molecule has 0 bridgehead atoms. The predicted octanol–water partition coefficient (Wildman–Crippen LogP) is 1.90. The molecule has 0 saturated heterocycles. The molecule has 3 amide bonds. The summed E-state index contributed by atoms with van der Waals surface area (Å²) in [5.41, 5.74) is 0.625. The van der Waals surface area contributed by atoms with Gasteiger partial charge in [0, 0.05) is 11.6 Å². The first-order valence-corrected chi connectivity index (χ1v) is 7.38. The summed E-state index contributed by atoms with van der Waals surface area (Å²) in [7, 11) is 0. The van der Waals surface area contributed by atoms with E-state index in [1.54, 1.807) is 13.0 Å². The number of urea groups is 1. The molecule has 22 heavy (non-hydrogen) atoms. The molecule has 2 N–H and O–H groups in total. The highest BCUT2D eigenvalue weighted by Gasteiger charge is 2.19. The van der Waals surface area contributed by atoms with Gasteiger partial charge in [-0.2, -0.15) is 0 Å². The van der Waals surface area contributed by atoms with Gasteiger partial charge in [0.2, 0.25) is 5.76 Å². The molecular weight excluding hydrogens is 288 g/mol. The highest BCUT2D eigenvalue weighted by atomic mass is 16.5. The van der Waals surface area contributed by atoms with Crippen molar-refractivity contribution >= 4 is 17.9 Å². The van der Waals surface area contributed by atoms with E-state index in [0.29, 0.717) is 5.56 Å². The minimum atomic E-state index is -0.731. The Kier molecular flexibility index (Phi) is 5.57. The van der Waals surface area contributed by atoms with Crippen molar-refractivity contribution in [1.82, 2.24) is 10.6 Å². The molecule has 0 atom stereocenters. The lowest BCUT2D eigenvalue weighted by Crippen LogP contribution is -2.46. The summed E-state index contributed by atoms with van der Waals surface area (Å²) in [6, 6.07) is 1.17. The fourth-order valence-corrected chi connectivity index (χ4v) is 2.41. The Balaban J connectivity index is 1.70. The first-order chi connectivity index (χ1) is 10.6. The van der Waals surface area contributed by atoms with Crippen molar-refractivity contribution in [2.24, 2.45) is 0 Å². The highest BCUT2D eigenvalue weighted by molar-refractivity contribution is 5.96. The zero-order valence-corrected chi connectivity index (χ0v) is 12.5. The summed E-state index contributed by atoms with van der Waals surface area (Å²) >= 11 is 0. The summed E-state index contributed by atoms with van der Waals surface area (Å²) in [4.78, 5) is 34.9. The second-order valence-electron chi connectivity index (χ2n) is 5.37. The molecule has 2 rings (SSSR count). The van der Waals surface area contributed by atoms with Crippen LogP contribution in [0.15, 0.2) is 16.7 Å². The monoisotopic (exact) mass is 308 g/mol. The van der Waals surface area contributed by atoms with Gasteiger partial charge >= 0.3 is 12.0 Å². The Morgan fingerprint density at radius 2 is 2.00 bits per heavy atom. The van der Waals surface area contributed by atoms with Crippen LogP contribution in [0.5, 0.6) is 0 Å². The van der Waals surface area contributed by atoms with Gasteiger partial charge in [-0.05, 0) is 25.8 Å². The van der Waals surface area contributed by atoms with E-state index in [0.717, 1.165) is 25.7 Å². The summed E-state index contributed by atoms with van der Waals surface area (Å²) in [5.74, 6) is -1.35. The maximum atomic E-state index is 11.6. The van der Waals surface area contributed by atoms with Gasteiger partial charge in [-0.25, -0.2) is 9.59 Å². The molecular formula is C15H20N2O5.